The molecule has 0 unspecified atom stereocenters. The number of hydrogen-bond acceptors (Lipinski definition) is 6. The Balaban J connectivity index is 1.53. The van der Waals surface area contributed by atoms with Crippen LogP contribution < -0.4 is 24.7 Å². The molecule has 33 heavy (non-hydrogen) atoms. The van der Waals surface area contributed by atoms with Gasteiger partial charge in [-0.2, -0.15) is 5.26 Å². The molecule has 0 saturated heterocycles. The summed E-state index contributed by atoms with van der Waals surface area (Å²) < 4.78 is 37.4. The molecule has 2 aliphatic rings. The van der Waals surface area contributed by atoms with Crippen molar-refractivity contribution >= 4 is 31.9 Å². The number of allylic oxidation sites excluding steroid dienone is 1. The molecule has 0 amide bonds. The predicted molar refractivity (Wildman–Crippen MR) is 124 cm³/mol. The molecule has 2 aliphatic heterocycles. The highest BCUT2D eigenvalue weighted by atomic mass is 79.9. The van der Waals surface area contributed by atoms with E-state index in [-0.39, 0.29) is 30.7 Å². The third-order valence-electron chi connectivity index (χ3n) is 5.34. The normalized spacial score (nSPS) is 16.1. The van der Waals surface area contributed by atoms with E-state index in [0.717, 1.165) is 11.1 Å². The van der Waals surface area contributed by atoms with E-state index >= 15 is 0 Å². The number of nitrogens with two attached hydrogens (primary N) is 1. The van der Waals surface area contributed by atoms with Crippen molar-refractivity contribution in [3.05, 3.63) is 91.4 Å². The van der Waals surface area contributed by atoms with Crippen LogP contribution in [0.15, 0.2) is 68.9 Å². The van der Waals surface area contributed by atoms with Crippen molar-refractivity contribution in [3.8, 4) is 29.1 Å². The van der Waals surface area contributed by atoms with Gasteiger partial charge >= 0.3 is 0 Å². The Morgan fingerprint density at radius 2 is 1.79 bits per heavy atom. The van der Waals surface area contributed by atoms with E-state index in [1.165, 1.54) is 12.1 Å². The molecule has 0 aromatic heterocycles. The zero-order valence-electron chi connectivity index (χ0n) is 16.9. The topological polar surface area (TPSA) is 86.7 Å². The fourth-order valence-corrected chi connectivity index (χ4v) is 5.31. The minimum atomic E-state index is -0.488. The first-order valence-corrected chi connectivity index (χ1v) is 11.4. The molecule has 5 rings (SSSR count). The molecule has 3 aromatic rings. The van der Waals surface area contributed by atoms with Gasteiger partial charge in [0.2, 0.25) is 12.7 Å². The first-order chi connectivity index (χ1) is 15.9. The van der Waals surface area contributed by atoms with E-state index in [0.29, 0.717) is 37.5 Å². The summed E-state index contributed by atoms with van der Waals surface area (Å²) in [4.78, 5) is 0. The summed E-state index contributed by atoms with van der Waals surface area (Å²) >= 11 is 7.13. The van der Waals surface area contributed by atoms with Gasteiger partial charge in [-0.25, -0.2) is 4.39 Å². The predicted octanol–water partition coefficient (Wildman–Crippen LogP) is 5.88. The number of rotatable bonds is 4. The van der Waals surface area contributed by atoms with Crippen molar-refractivity contribution in [2.45, 2.75) is 12.5 Å². The maximum Gasteiger partial charge on any atom is 0.231 e. The Morgan fingerprint density at radius 3 is 2.48 bits per heavy atom. The average molecular weight is 574 g/mol. The molecule has 3 aromatic carbocycles. The van der Waals surface area contributed by atoms with E-state index in [4.69, 9.17) is 24.7 Å². The molecule has 0 radical (unpaired) electrons. The van der Waals surface area contributed by atoms with Crippen molar-refractivity contribution in [3.63, 3.8) is 0 Å². The molecule has 9 heteroatoms. The first-order valence-electron chi connectivity index (χ1n) is 9.82. The summed E-state index contributed by atoms with van der Waals surface area (Å²) in [6.45, 7) is 0.305. The second-order valence-electron chi connectivity index (χ2n) is 7.40. The summed E-state index contributed by atoms with van der Waals surface area (Å²) in [6.07, 6.45) is 0. The Labute approximate surface area is 205 Å². The maximum absolute atomic E-state index is 13.5. The van der Waals surface area contributed by atoms with Gasteiger partial charge in [-0.05, 0) is 73.3 Å². The molecule has 2 heterocycles. The van der Waals surface area contributed by atoms with Gasteiger partial charge in [0.25, 0.3) is 0 Å². The van der Waals surface area contributed by atoms with Crippen LogP contribution in [-0.4, -0.2) is 6.79 Å². The third kappa shape index (κ3) is 4.01. The van der Waals surface area contributed by atoms with Gasteiger partial charge in [-0.3, -0.25) is 0 Å². The molecule has 1 atom stereocenters. The first kappa shape index (κ1) is 21.6. The van der Waals surface area contributed by atoms with Gasteiger partial charge in [0.05, 0.1) is 14.9 Å². The summed E-state index contributed by atoms with van der Waals surface area (Å²) in [5, 5.41) is 9.84. The Morgan fingerprint density at radius 1 is 1.06 bits per heavy atom. The smallest absolute Gasteiger partial charge is 0.231 e. The molecule has 0 aliphatic carbocycles. The molecule has 0 fully saturated rings. The Hall–Kier alpha value is -3.22. The molecular weight excluding hydrogens is 559 g/mol. The number of hydrogen-bond donors (Lipinski definition) is 1. The third-order valence-corrected chi connectivity index (χ3v) is 6.51. The lowest BCUT2D eigenvalue weighted by molar-refractivity contribution is 0.174. The van der Waals surface area contributed by atoms with Crippen LogP contribution in [0.5, 0.6) is 23.0 Å². The minimum Gasteiger partial charge on any atom is -0.487 e. The van der Waals surface area contributed by atoms with Crippen LogP contribution in [-0.2, 0) is 6.61 Å². The van der Waals surface area contributed by atoms with Crippen LogP contribution in [0.4, 0.5) is 4.39 Å². The number of benzene rings is 3. The zero-order chi connectivity index (χ0) is 23.1. The van der Waals surface area contributed by atoms with Gasteiger partial charge < -0.3 is 24.7 Å². The van der Waals surface area contributed by atoms with E-state index in [9.17, 15) is 9.65 Å². The van der Waals surface area contributed by atoms with Gasteiger partial charge in [0.1, 0.15) is 35.6 Å². The number of fused-ring (bicyclic) bond motifs is 2. The van der Waals surface area contributed by atoms with Crippen molar-refractivity contribution in [2.75, 3.05) is 6.79 Å². The van der Waals surface area contributed by atoms with Gasteiger partial charge in [0.15, 0.2) is 11.5 Å². The highest BCUT2D eigenvalue weighted by molar-refractivity contribution is 9.11. The van der Waals surface area contributed by atoms with E-state index in [2.05, 4.69) is 37.9 Å². The van der Waals surface area contributed by atoms with Crippen molar-refractivity contribution in [1.82, 2.24) is 0 Å². The standard InChI is InChI=1S/C24H15Br2FN2O4/c25-17-5-13(6-18(26)23(17)30-10-12-2-1-3-14(27)4-12)22-15-7-20-21(32-11-31-20)8-19(15)33-24(29)16(22)9-28/h1-8,22H,10-11,29H2/t22-/m1/s1. The number of ether oxygens (including phenoxy) is 4. The summed E-state index contributed by atoms with van der Waals surface area (Å²) in [5.74, 6) is 1.41. The lowest BCUT2D eigenvalue weighted by Crippen LogP contribution is -2.21. The highest BCUT2D eigenvalue weighted by Crippen LogP contribution is 2.49. The zero-order valence-corrected chi connectivity index (χ0v) is 20.1. The highest BCUT2D eigenvalue weighted by Gasteiger charge is 2.34. The fourth-order valence-electron chi connectivity index (χ4n) is 3.86. The molecule has 6 nitrogen and oxygen atoms in total. The SMILES string of the molecule is N#CC1=C(N)Oc2cc3c(cc2[C@H]1c1cc(Br)c(OCc2cccc(F)c2)c(Br)c1)OCO3. The van der Waals surface area contributed by atoms with Crippen LogP contribution in [0.25, 0.3) is 0 Å². The van der Waals surface area contributed by atoms with Crippen LogP contribution in [0.1, 0.15) is 22.6 Å². The number of nitrogens with zero attached hydrogens (tertiary/aromatic N) is 1. The quantitative estimate of drug-likeness (QED) is 0.419. The van der Waals surface area contributed by atoms with Crippen molar-refractivity contribution in [1.29, 1.82) is 5.26 Å². The molecular formula is C24H15Br2FN2O4. The Kier molecular flexibility index (Phi) is 5.64. The molecule has 0 spiro atoms. The monoisotopic (exact) mass is 572 g/mol. The summed E-state index contributed by atoms with van der Waals surface area (Å²) in [7, 11) is 0. The van der Waals surface area contributed by atoms with E-state index in [1.54, 1.807) is 18.2 Å². The Bertz CT molecular complexity index is 1330. The number of halogens is 3. The van der Waals surface area contributed by atoms with Gasteiger partial charge in [-0.1, -0.05) is 12.1 Å². The van der Waals surface area contributed by atoms with E-state index < -0.39 is 5.92 Å². The molecule has 0 saturated carbocycles. The summed E-state index contributed by atoms with van der Waals surface area (Å²) in [5.41, 5.74) is 8.60. The van der Waals surface area contributed by atoms with Crippen LogP contribution in [0.3, 0.4) is 0 Å². The molecule has 2 N–H and O–H groups in total. The van der Waals surface area contributed by atoms with Gasteiger partial charge in [-0.15, -0.1) is 0 Å². The maximum atomic E-state index is 13.5. The van der Waals surface area contributed by atoms with E-state index in [1.807, 2.05) is 18.2 Å². The largest absolute Gasteiger partial charge is 0.487 e. The van der Waals surface area contributed by atoms with Crippen molar-refractivity contribution in [2.24, 2.45) is 5.73 Å². The second kappa shape index (κ2) is 8.61. The van der Waals surface area contributed by atoms with Crippen LogP contribution in [0.2, 0.25) is 0 Å². The lowest BCUT2D eigenvalue weighted by Gasteiger charge is -2.27. The van der Waals surface area contributed by atoms with Gasteiger partial charge in [0, 0.05) is 11.6 Å². The van der Waals surface area contributed by atoms with Crippen molar-refractivity contribution < 1.29 is 23.3 Å². The average Bonchev–Trinajstić information content (AvgIpc) is 3.23. The lowest BCUT2D eigenvalue weighted by atomic mass is 9.83. The molecule has 166 valence electrons. The number of nitriles is 1. The minimum absolute atomic E-state index is 0.0348. The molecule has 0 bridgehead atoms. The van der Waals surface area contributed by atoms with Crippen LogP contribution in [0, 0.1) is 17.1 Å². The summed E-state index contributed by atoms with van der Waals surface area (Å²) in [6, 6.07) is 15.6. The second-order valence-corrected chi connectivity index (χ2v) is 9.11. The van der Waals surface area contributed by atoms with Crippen LogP contribution >= 0.6 is 31.9 Å². The fraction of sp³-hybridized carbons (Fsp3) is 0.125.